The molecule has 3 aromatic rings. The van der Waals surface area contributed by atoms with Gasteiger partial charge < -0.3 is 10.2 Å². The minimum atomic E-state index is -4.88. The number of pyridine rings is 1. The SMILES string of the molecule is O=C(CSC(F)(F)F)NCc1cccc2c(C3=NOC(c4cc(Cl)cc(Cl)c4)(C(F)(F)F)C3)ccnc12. The van der Waals surface area contributed by atoms with Crippen LogP contribution in [-0.4, -0.2) is 34.0 Å². The van der Waals surface area contributed by atoms with Gasteiger partial charge in [0.25, 0.3) is 5.60 Å². The van der Waals surface area contributed by atoms with Gasteiger partial charge in [0.15, 0.2) is 0 Å². The van der Waals surface area contributed by atoms with E-state index in [1.807, 2.05) is 0 Å². The molecule has 0 radical (unpaired) electrons. The van der Waals surface area contributed by atoms with Crippen LogP contribution in [0.2, 0.25) is 10.0 Å². The highest BCUT2D eigenvalue weighted by Gasteiger charge is 2.62. The van der Waals surface area contributed by atoms with Crippen molar-refractivity contribution < 1.29 is 36.0 Å². The van der Waals surface area contributed by atoms with Gasteiger partial charge in [-0.1, -0.05) is 46.6 Å². The number of rotatable bonds is 6. The molecule has 2 aromatic carbocycles. The maximum atomic E-state index is 14.3. The van der Waals surface area contributed by atoms with Crippen LogP contribution >= 0.6 is 35.0 Å². The van der Waals surface area contributed by atoms with E-state index in [9.17, 15) is 31.1 Å². The van der Waals surface area contributed by atoms with E-state index in [4.69, 9.17) is 28.0 Å². The molecular formula is C23H15Cl2F6N3O2S. The van der Waals surface area contributed by atoms with Crippen LogP contribution in [0.3, 0.4) is 0 Å². The predicted octanol–water partition coefficient (Wildman–Crippen LogP) is 6.99. The highest BCUT2D eigenvalue weighted by molar-refractivity contribution is 8.00. The molecule has 1 unspecified atom stereocenters. The summed E-state index contributed by atoms with van der Waals surface area (Å²) in [6.45, 7) is -0.137. The molecule has 196 valence electrons. The highest BCUT2D eigenvalue weighted by atomic mass is 35.5. The van der Waals surface area contributed by atoms with Crippen molar-refractivity contribution >= 4 is 57.5 Å². The van der Waals surface area contributed by atoms with Gasteiger partial charge in [0.1, 0.15) is 0 Å². The van der Waals surface area contributed by atoms with Crippen molar-refractivity contribution in [1.82, 2.24) is 10.3 Å². The van der Waals surface area contributed by atoms with Gasteiger partial charge in [0, 0.05) is 45.7 Å². The number of carbonyl (C=O) groups is 1. The molecule has 1 atom stereocenters. The van der Waals surface area contributed by atoms with E-state index >= 15 is 0 Å². The number of hydrogen-bond acceptors (Lipinski definition) is 5. The highest BCUT2D eigenvalue weighted by Crippen LogP contribution is 2.50. The third kappa shape index (κ3) is 5.91. The standard InChI is InChI=1S/C23H15Cl2F6N3O2S/c24-14-6-13(7-15(25)8-14)21(22(26,27)28)9-18(34-36-21)16-4-5-32-20-12(2-1-3-17(16)20)10-33-19(35)11-37-23(29,30)31/h1-8H,9-11H2,(H,33,35). The van der Waals surface area contributed by atoms with Crippen LogP contribution in [0.25, 0.3) is 10.9 Å². The summed E-state index contributed by atoms with van der Waals surface area (Å²) < 4.78 is 80.0. The first-order valence-electron chi connectivity index (χ1n) is 10.4. The second-order valence-electron chi connectivity index (χ2n) is 7.97. The molecule has 0 saturated carbocycles. The summed E-state index contributed by atoms with van der Waals surface area (Å²) in [5, 5.41) is 6.57. The monoisotopic (exact) mass is 581 g/mol. The van der Waals surface area contributed by atoms with Crippen molar-refractivity contribution in [2.24, 2.45) is 5.16 Å². The van der Waals surface area contributed by atoms with Gasteiger partial charge in [-0.05, 0) is 41.6 Å². The Hall–Kier alpha value is -2.70. The Morgan fingerprint density at radius 2 is 1.78 bits per heavy atom. The van der Waals surface area contributed by atoms with Crippen molar-refractivity contribution in [3.8, 4) is 0 Å². The molecule has 1 amide bonds. The number of halogens is 8. The topological polar surface area (TPSA) is 63.6 Å². The number of aromatic nitrogens is 1. The van der Waals surface area contributed by atoms with Crippen molar-refractivity contribution in [3.63, 3.8) is 0 Å². The lowest BCUT2D eigenvalue weighted by Crippen LogP contribution is -2.42. The Labute approximate surface area is 220 Å². The zero-order valence-electron chi connectivity index (χ0n) is 18.4. The number of carbonyl (C=O) groups excluding carboxylic acids is 1. The van der Waals surface area contributed by atoms with Crippen LogP contribution in [0, 0.1) is 0 Å². The van der Waals surface area contributed by atoms with Crippen LogP contribution in [0.5, 0.6) is 0 Å². The molecule has 5 nitrogen and oxygen atoms in total. The molecule has 0 saturated heterocycles. The van der Waals surface area contributed by atoms with Crippen molar-refractivity contribution in [2.75, 3.05) is 5.75 Å². The number of para-hydroxylation sites is 1. The molecule has 0 bridgehead atoms. The largest absolute Gasteiger partial charge is 0.442 e. The van der Waals surface area contributed by atoms with Gasteiger partial charge in [-0.25, -0.2) is 0 Å². The van der Waals surface area contributed by atoms with E-state index in [0.29, 0.717) is 22.0 Å². The number of amides is 1. The Bertz CT molecular complexity index is 1360. The Morgan fingerprint density at radius 1 is 1.08 bits per heavy atom. The molecular weight excluding hydrogens is 567 g/mol. The van der Waals surface area contributed by atoms with E-state index < -0.39 is 47.1 Å². The Balaban J connectivity index is 1.63. The smallest absolute Gasteiger partial charge is 0.374 e. The third-order valence-electron chi connectivity index (χ3n) is 5.52. The average Bonchev–Trinajstić information content (AvgIpc) is 3.27. The summed E-state index contributed by atoms with van der Waals surface area (Å²) in [6.07, 6.45) is -4.20. The van der Waals surface area contributed by atoms with Gasteiger partial charge in [-0.15, -0.1) is 0 Å². The number of hydrogen-bond donors (Lipinski definition) is 1. The number of alkyl halides is 6. The van der Waals surface area contributed by atoms with Crippen LogP contribution in [-0.2, 0) is 21.8 Å². The first kappa shape index (κ1) is 27.3. The second kappa shape index (κ2) is 10.2. The minimum Gasteiger partial charge on any atom is -0.374 e. The molecule has 0 fully saturated rings. The first-order valence-corrected chi connectivity index (χ1v) is 12.2. The lowest BCUT2D eigenvalue weighted by atomic mass is 9.86. The molecule has 0 aliphatic carbocycles. The van der Waals surface area contributed by atoms with Gasteiger partial charge in [0.2, 0.25) is 5.91 Å². The summed E-state index contributed by atoms with van der Waals surface area (Å²) in [5.74, 6) is -1.65. The number of benzene rings is 2. The van der Waals surface area contributed by atoms with Crippen LogP contribution in [0.15, 0.2) is 53.8 Å². The molecule has 1 N–H and O–H groups in total. The quantitative estimate of drug-likeness (QED) is 0.319. The lowest BCUT2D eigenvalue weighted by molar-refractivity contribution is -0.275. The number of nitrogens with one attached hydrogen (secondary N) is 1. The third-order valence-corrected chi connectivity index (χ3v) is 6.69. The summed E-state index contributed by atoms with van der Waals surface area (Å²) >= 11 is 11.4. The average molecular weight is 582 g/mol. The Kier molecular flexibility index (Phi) is 7.55. The molecule has 4 rings (SSSR count). The zero-order valence-corrected chi connectivity index (χ0v) is 20.7. The van der Waals surface area contributed by atoms with Crippen molar-refractivity contribution in [3.05, 3.63) is 75.4 Å². The summed E-state index contributed by atoms with van der Waals surface area (Å²) in [6, 6.07) is 9.79. The molecule has 1 aliphatic rings. The molecule has 2 heterocycles. The van der Waals surface area contributed by atoms with Crippen LogP contribution in [0.1, 0.15) is 23.1 Å². The fraction of sp³-hybridized carbons (Fsp3) is 0.261. The van der Waals surface area contributed by atoms with Crippen molar-refractivity contribution in [2.45, 2.75) is 30.3 Å². The number of thioether (sulfide) groups is 1. The maximum absolute atomic E-state index is 14.3. The fourth-order valence-electron chi connectivity index (χ4n) is 3.86. The maximum Gasteiger partial charge on any atom is 0.442 e. The van der Waals surface area contributed by atoms with Crippen LogP contribution < -0.4 is 5.32 Å². The summed E-state index contributed by atoms with van der Waals surface area (Å²) in [4.78, 5) is 21.1. The van der Waals surface area contributed by atoms with Crippen molar-refractivity contribution in [1.29, 1.82) is 0 Å². The first-order chi connectivity index (χ1) is 17.3. The van der Waals surface area contributed by atoms with E-state index in [1.54, 1.807) is 18.2 Å². The molecule has 1 aliphatic heterocycles. The molecule has 37 heavy (non-hydrogen) atoms. The van der Waals surface area contributed by atoms with Gasteiger partial charge in [-0.3, -0.25) is 9.78 Å². The van der Waals surface area contributed by atoms with E-state index in [0.717, 1.165) is 12.1 Å². The van der Waals surface area contributed by atoms with Gasteiger partial charge >= 0.3 is 11.7 Å². The normalized spacial score (nSPS) is 18.0. The summed E-state index contributed by atoms with van der Waals surface area (Å²) in [7, 11) is 0. The fourth-order valence-corrected chi connectivity index (χ4v) is 4.78. The lowest BCUT2D eigenvalue weighted by Gasteiger charge is -2.29. The Morgan fingerprint density at radius 3 is 2.43 bits per heavy atom. The van der Waals surface area contributed by atoms with Gasteiger partial charge in [0.05, 0.1) is 17.0 Å². The number of nitrogens with zero attached hydrogens (tertiary/aromatic N) is 2. The van der Waals surface area contributed by atoms with Gasteiger partial charge in [-0.2, -0.15) is 26.3 Å². The molecule has 14 heteroatoms. The minimum absolute atomic E-state index is 0.00198. The second-order valence-corrected chi connectivity index (χ2v) is 9.89. The number of fused-ring (bicyclic) bond motifs is 1. The van der Waals surface area contributed by atoms with E-state index in [-0.39, 0.29) is 27.9 Å². The number of oxime groups is 1. The predicted molar refractivity (Wildman–Crippen MR) is 129 cm³/mol. The van der Waals surface area contributed by atoms with E-state index in [2.05, 4.69) is 15.5 Å². The summed E-state index contributed by atoms with van der Waals surface area (Å²) in [5.41, 5.74) is -6.59. The molecule has 0 spiro atoms. The zero-order chi connectivity index (χ0) is 27.0. The van der Waals surface area contributed by atoms with Crippen LogP contribution in [0.4, 0.5) is 26.3 Å². The molecule has 1 aromatic heterocycles. The van der Waals surface area contributed by atoms with E-state index in [1.165, 1.54) is 18.3 Å².